The SMILES string of the molecule is COC(=O)[C@H](CS)N(CC=C(C)CCC=C(C)CCC=C(C)C)C(=O)[C@@H](N)CCC(=O)O. The van der Waals surface area contributed by atoms with Gasteiger partial charge in [-0.1, -0.05) is 34.9 Å². The van der Waals surface area contributed by atoms with Crippen LogP contribution in [0.4, 0.5) is 0 Å². The van der Waals surface area contributed by atoms with Crippen LogP contribution in [0.25, 0.3) is 0 Å². The van der Waals surface area contributed by atoms with Crippen molar-refractivity contribution in [1.82, 2.24) is 4.90 Å². The number of hydrogen-bond acceptors (Lipinski definition) is 6. The number of amides is 1. The number of aliphatic carboxylic acids is 1. The van der Waals surface area contributed by atoms with Gasteiger partial charge in [-0.15, -0.1) is 0 Å². The summed E-state index contributed by atoms with van der Waals surface area (Å²) in [6.07, 6.45) is 9.92. The first-order chi connectivity index (χ1) is 15.0. The molecule has 0 saturated heterocycles. The Bertz CT molecular complexity index is 711. The number of carbonyl (C=O) groups is 3. The number of ether oxygens (including phenoxy) is 1. The molecule has 1 amide bonds. The van der Waals surface area contributed by atoms with Crippen LogP contribution in [0, 0.1) is 0 Å². The Morgan fingerprint density at radius 2 is 1.56 bits per heavy atom. The van der Waals surface area contributed by atoms with Gasteiger partial charge in [0.2, 0.25) is 5.91 Å². The maximum Gasteiger partial charge on any atom is 0.329 e. The van der Waals surface area contributed by atoms with Crippen LogP contribution in [0.1, 0.15) is 66.2 Å². The third-order valence-corrected chi connectivity index (χ3v) is 5.40. The molecule has 0 saturated carbocycles. The summed E-state index contributed by atoms with van der Waals surface area (Å²) in [5, 5.41) is 8.85. The highest BCUT2D eigenvalue weighted by atomic mass is 32.1. The van der Waals surface area contributed by atoms with Gasteiger partial charge in [-0.05, 0) is 59.8 Å². The number of thiol groups is 1. The minimum Gasteiger partial charge on any atom is -0.481 e. The van der Waals surface area contributed by atoms with Crippen molar-refractivity contribution in [3.8, 4) is 0 Å². The lowest BCUT2D eigenvalue weighted by atomic mass is 10.1. The smallest absolute Gasteiger partial charge is 0.329 e. The van der Waals surface area contributed by atoms with E-state index in [1.165, 1.54) is 23.2 Å². The molecule has 0 unspecified atom stereocenters. The lowest BCUT2D eigenvalue weighted by Gasteiger charge is -2.30. The van der Waals surface area contributed by atoms with Gasteiger partial charge in [0, 0.05) is 18.7 Å². The Labute approximate surface area is 198 Å². The van der Waals surface area contributed by atoms with Crippen molar-refractivity contribution >= 4 is 30.5 Å². The summed E-state index contributed by atoms with van der Waals surface area (Å²) >= 11 is 4.20. The van der Waals surface area contributed by atoms with E-state index in [-0.39, 0.29) is 25.1 Å². The molecule has 0 aromatic carbocycles. The molecule has 0 fully saturated rings. The van der Waals surface area contributed by atoms with Gasteiger partial charge in [0.25, 0.3) is 0 Å². The number of carbonyl (C=O) groups excluding carboxylic acids is 2. The number of rotatable bonds is 15. The molecule has 182 valence electrons. The second-order valence-corrected chi connectivity index (χ2v) is 8.58. The van der Waals surface area contributed by atoms with Crippen LogP contribution in [0.3, 0.4) is 0 Å². The first-order valence-electron chi connectivity index (χ1n) is 10.9. The highest BCUT2D eigenvalue weighted by molar-refractivity contribution is 7.80. The number of carboxylic acid groups (broad SMARTS) is 1. The number of carboxylic acids is 1. The van der Waals surface area contributed by atoms with E-state index < -0.39 is 29.9 Å². The standard InChI is InChI=1S/C24H40N2O5S/c1-17(2)8-6-9-18(3)10-7-11-19(4)14-15-26(21(16-32)24(30)31-5)23(29)20(25)12-13-22(27)28/h8,10,14,20-21,32H,6-7,9,11-13,15-16,25H2,1-5H3,(H,27,28)/t20-,21-/m0/s1. The van der Waals surface area contributed by atoms with Crippen molar-refractivity contribution in [2.24, 2.45) is 5.73 Å². The summed E-state index contributed by atoms with van der Waals surface area (Å²) in [7, 11) is 1.25. The highest BCUT2D eigenvalue weighted by Gasteiger charge is 2.31. The minimum absolute atomic E-state index is 0.00928. The average molecular weight is 469 g/mol. The Kier molecular flexibility index (Phi) is 15.5. The summed E-state index contributed by atoms with van der Waals surface area (Å²) in [6.45, 7) is 8.48. The largest absolute Gasteiger partial charge is 0.481 e. The maximum atomic E-state index is 12.9. The minimum atomic E-state index is -1.03. The first kappa shape index (κ1) is 29.9. The van der Waals surface area contributed by atoms with E-state index in [1.54, 1.807) is 0 Å². The van der Waals surface area contributed by atoms with Gasteiger partial charge in [-0.2, -0.15) is 12.6 Å². The molecule has 32 heavy (non-hydrogen) atoms. The van der Waals surface area contributed by atoms with Crippen LogP contribution in [-0.2, 0) is 19.1 Å². The molecule has 0 aliphatic rings. The monoisotopic (exact) mass is 468 g/mol. The molecule has 0 spiro atoms. The second kappa shape index (κ2) is 16.6. The average Bonchev–Trinajstić information content (AvgIpc) is 2.73. The summed E-state index contributed by atoms with van der Waals surface area (Å²) < 4.78 is 4.81. The highest BCUT2D eigenvalue weighted by Crippen LogP contribution is 2.14. The zero-order valence-corrected chi connectivity index (χ0v) is 21.0. The van der Waals surface area contributed by atoms with Crippen LogP contribution in [-0.4, -0.2) is 59.3 Å². The summed E-state index contributed by atoms with van der Waals surface area (Å²) in [5.74, 6) is -2.03. The van der Waals surface area contributed by atoms with Crippen molar-refractivity contribution in [2.75, 3.05) is 19.4 Å². The van der Waals surface area contributed by atoms with Gasteiger partial charge in [0.1, 0.15) is 6.04 Å². The van der Waals surface area contributed by atoms with Crippen molar-refractivity contribution in [3.05, 3.63) is 34.9 Å². The summed E-state index contributed by atoms with van der Waals surface area (Å²) in [4.78, 5) is 37.2. The van der Waals surface area contributed by atoms with Gasteiger partial charge in [0.05, 0.1) is 13.2 Å². The predicted octanol–water partition coefficient (Wildman–Crippen LogP) is 3.90. The van der Waals surface area contributed by atoms with Gasteiger partial charge in [0.15, 0.2) is 0 Å². The molecule has 8 heteroatoms. The van der Waals surface area contributed by atoms with E-state index >= 15 is 0 Å². The zero-order valence-electron chi connectivity index (χ0n) is 20.1. The van der Waals surface area contributed by atoms with Gasteiger partial charge in [-0.3, -0.25) is 9.59 Å². The quantitative estimate of drug-likeness (QED) is 0.191. The van der Waals surface area contributed by atoms with Gasteiger partial charge < -0.3 is 20.5 Å². The van der Waals surface area contributed by atoms with Gasteiger partial charge >= 0.3 is 11.9 Å². The number of allylic oxidation sites excluding steroid dienone is 5. The Hall–Kier alpha value is -2.06. The summed E-state index contributed by atoms with van der Waals surface area (Å²) in [5.41, 5.74) is 9.66. The van der Waals surface area contributed by atoms with E-state index in [0.717, 1.165) is 31.3 Å². The molecular formula is C24H40N2O5S. The Balaban J connectivity index is 5.15. The van der Waals surface area contributed by atoms with Crippen molar-refractivity contribution in [3.63, 3.8) is 0 Å². The second-order valence-electron chi connectivity index (χ2n) is 8.21. The summed E-state index contributed by atoms with van der Waals surface area (Å²) in [6, 6.07) is -1.91. The van der Waals surface area contributed by atoms with Crippen molar-refractivity contribution in [1.29, 1.82) is 0 Å². The van der Waals surface area contributed by atoms with Crippen LogP contribution in [0.5, 0.6) is 0 Å². The van der Waals surface area contributed by atoms with Crippen LogP contribution in [0.15, 0.2) is 34.9 Å². The Morgan fingerprint density at radius 3 is 2.06 bits per heavy atom. The molecule has 3 N–H and O–H groups in total. The van der Waals surface area contributed by atoms with E-state index in [1.807, 2.05) is 13.0 Å². The van der Waals surface area contributed by atoms with Crippen LogP contribution in [0.2, 0.25) is 0 Å². The molecule has 0 aliphatic heterocycles. The third-order valence-electron chi connectivity index (χ3n) is 5.05. The van der Waals surface area contributed by atoms with Crippen molar-refractivity contribution < 1.29 is 24.2 Å². The molecular weight excluding hydrogens is 428 g/mol. The zero-order chi connectivity index (χ0) is 24.7. The first-order valence-corrected chi connectivity index (χ1v) is 11.6. The van der Waals surface area contributed by atoms with Crippen molar-refractivity contribution in [2.45, 2.75) is 78.3 Å². The molecule has 0 rings (SSSR count). The number of nitrogens with two attached hydrogens (primary N) is 1. The molecule has 2 atom stereocenters. The van der Waals surface area contributed by atoms with E-state index in [0.29, 0.717) is 0 Å². The van der Waals surface area contributed by atoms with Crippen LogP contribution >= 0.6 is 12.6 Å². The van der Waals surface area contributed by atoms with E-state index in [9.17, 15) is 14.4 Å². The predicted molar refractivity (Wildman–Crippen MR) is 132 cm³/mol. The fourth-order valence-electron chi connectivity index (χ4n) is 3.02. The van der Waals surface area contributed by atoms with Crippen LogP contribution < -0.4 is 5.73 Å². The van der Waals surface area contributed by atoms with Gasteiger partial charge in [-0.25, -0.2) is 4.79 Å². The Morgan fingerprint density at radius 1 is 1.00 bits per heavy atom. The number of methoxy groups -OCH3 is 1. The number of nitrogens with zero attached hydrogens (tertiary/aromatic N) is 1. The molecule has 7 nitrogen and oxygen atoms in total. The number of esters is 1. The topological polar surface area (TPSA) is 110 Å². The lowest BCUT2D eigenvalue weighted by molar-refractivity contribution is -0.152. The molecule has 0 radical (unpaired) electrons. The normalized spacial score (nSPS) is 13.8. The third kappa shape index (κ3) is 12.7. The molecule has 0 heterocycles. The van der Waals surface area contributed by atoms with E-state index in [4.69, 9.17) is 15.6 Å². The molecule has 0 bridgehead atoms. The van der Waals surface area contributed by atoms with E-state index in [2.05, 4.69) is 45.6 Å². The number of hydrogen-bond donors (Lipinski definition) is 3. The fourth-order valence-corrected chi connectivity index (χ4v) is 3.36. The molecule has 0 aromatic rings. The molecule has 0 aromatic heterocycles. The lowest BCUT2D eigenvalue weighted by Crippen LogP contribution is -2.52. The maximum absolute atomic E-state index is 12.9. The molecule has 0 aliphatic carbocycles. The fraction of sp³-hybridized carbons (Fsp3) is 0.625.